The van der Waals surface area contributed by atoms with E-state index in [0.717, 1.165) is 3.57 Å². The highest BCUT2D eigenvalue weighted by Crippen LogP contribution is 2.37. The first-order chi connectivity index (χ1) is 8.09. The van der Waals surface area contributed by atoms with Crippen molar-refractivity contribution in [3.8, 4) is 0 Å². The number of aromatic amines is 1. The fourth-order valence-corrected chi connectivity index (χ4v) is 2.63. The number of aromatic nitrogens is 2. The summed E-state index contributed by atoms with van der Waals surface area (Å²) >= 11 is 14.2. The molecule has 85 valence electrons. The monoisotopic (exact) mass is 379 g/mol. The molecule has 0 aliphatic rings. The van der Waals surface area contributed by atoms with Gasteiger partial charge in [0.2, 0.25) is 0 Å². The molecule has 2 aromatic heterocycles. The van der Waals surface area contributed by atoms with Crippen molar-refractivity contribution < 1.29 is 4.39 Å². The number of hydrogen-bond donors (Lipinski definition) is 1. The molecule has 0 amide bonds. The SMILES string of the molecule is Fc1c[c]c2[nH]c3ncc(I)c(Cl)c3c2c1Cl. The van der Waals surface area contributed by atoms with Crippen molar-refractivity contribution in [2.75, 3.05) is 0 Å². The molecule has 2 heterocycles. The van der Waals surface area contributed by atoms with Gasteiger partial charge in [0.15, 0.2) is 0 Å². The van der Waals surface area contributed by atoms with Crippen molar-refractivity contribution in [1.82, 2.24) is 9.97 Å². The molecule has 1 N–H and O–H groups in total. The van der Waals surface area contributed by atoms with Crippen molar-refractivity contribution >= 4 is 67.7 Å². The Morgan fingerprint density at radius 2 is 2.06 bits per heavy atom. The van der Waals surface area contributed by atoms with E-state index in [1.54, 1.807) is 6.20 Å². The average molecular weight is 380 g/mol. The van der Waals surface area contributed by atoms with Crippen LogP contribution in [0.3, 0.4) is 0 Å². The molecule has 3 rings (SSSR count). The third-order valence-electron chi connectivity index (χ3n) is 2.49. The summed E-state index contributed by atoms with van der Waals surface area (Å²) in [5.74, 6) is -0.519. The summed E-state index contributed by atoms with van der Waals surface area (Å²) in [6.07, 6.45) is 1.64. The Kier molecular flexibility index (Phi) is 2.68. The van der Waals surface area contributed by atoms with Gasteiger partial charge in [0.05, 0.1) is 19.1 Å². The Balaban J connectivity index is 2.65. The van der Waals surface area contributed by atoms with Gasteiger partial charge in [-0.25, -0.2) is 9.37 Å². The third-order valence-corrected chi connectivity index (χ3v) is 4.39. The van der Waals surface area contributed by atoms with E-state index in [9.17, 15) is 4.39 Å². The minimum atomic E-state index is -0.519. The molecule has 0 atom stereocenters. The highest BCUT2D eigenvalue weighted by Gasteiger charge is 2.16. The normalized spacial score (nSPS) is 11.5. The second kappa shape index (κ2) is 3.96. The molecule has 0 bridgehead atoms. The molecule has 1 radical (unpaired) electrons. The van der Waals surface area contributed by atoms with Gasteiger partial charge in [-0.15, -0.1) is 0 Å². The van der Waals surface area contributed by atoms with Gasteiger partial charge in [-0.2, -0.15) is 0 Å². The zero-order chi connectivity index (χ0) is 12.2. The van der Waals surface area contributed by atoms with Crippen molar-refractivity contribution in [1.29, 1.82) is 0 Å². The first-order valence-corrected chi connectivity index (χ1v) is 6.44. The highest BCUT2D eigenvalue weighted by atomic mass is 127. The van der Waals surface area contributed by atoms with E-state index in [-0.39, 0.29) is 5.02 Å². The maximum Gasteiger partial charge on any atom is 0.143 e. The first-order valence-electron chi connectivity index (χ1n) is 4.60. The number of rotatable bonds is 0. The molecule has 0 saturated heterocycles. The van der Waals surface area contributed by atoms with Gasteiger partial charge in [-0.1, -0.05) is 23.2 Å². The van der Waals surface area contributed by atoms with E-state index in [1.807, 2.05) is 0 Å². The van der Waals surface area contributed by atoms with Crippen LogP contribution in [0.1, 0.15) is 0 Å². The molecule has 2 nitrogen and oxygen atoms in total. The average Bonchev–Trinajstić information content (AvgIpc) is 2.69. The Labute approximate surface area is 119 Å². The fraction of sp³-hybridized carbons (Fsp3) is 0. The maximum atomic E-state index is 13.4. The number of benzene rings is 1. The van der Waals surface area contributed by atoms with E-state index in [2.05, 4.69) is 38.6 Å². The van der Waals surface area contributed by atoms with E-state index in [4.69, 9.17) is 23.2 Å². The van der Waals surface area contributed by atoms with Crippen LogP contribution in [0, 0.1) is 15.5 Å². The summed E-state index contributed by atoms with van der Waals surface area (Å²) in [4.78, 5) is 7.21. The van der Waals surface area contributed by atoms with Gasteiger partial charge in [-0.3, -0.25) is 0 Å². The van der Waals surface area contributed by atoms with Crippen LogP contribution in [-0.4, -0.2) is 9.97 Å². The predicted octanol–water partition coefficient (Wildman–Crippen LogP) is 4.57. The summed E-state index contributed by atoms with van der Waals surface area (Å²) < 4.78 is 14.2. The quantitative estimate of drug-likeness (QED) is 0.569. The minimum absolute atomic E-state index is 0.0377. The van der Waals surface area contributed by atoms with Crippen LogP contribution in [0.25, 0.3) is 21.9 Å². The molecule has 3 aromatic rings. The van der Waals surface area contributed by atoms with Crippen LogP contribution in [0.15, 0.2) is 12.3 Å². The third kappa shape index (κ3) is 1.62. The lowest BCUT2D eigenvalue weighted by atomic mass is 10.2. The van der Waals surface area contributed by atoms with Gasteiger partial charge in [0, 0.05) is 23.0 Å². The predicted molar refractivity (Wildman–Crippen MR) is 75.1 cm³/mol. The molecular weight excluding hydrogens is 377 g/mol. The summed E-state index contributed by atoms with van der Waals surface area (Å²) in [5, 5.41) is 1.71. The van der Waals surface area contributed by atoms with Crippen molar-refractivity contribution in [2.24, 2.45) is 0 Å². The summed E-state index contributed by atoms with van der Waals surface area (Å²) in [7, 11) is 0. The summed E-state index contributed by atoms with van der Waals surface area (Å²) in [5.41, 5.74) is 1.18. The molecule has 0 aliphatic carbocycles. The Morgan fingerprint density at radius 1 is 1.29 bits per heavy atom. The fourth-order valence-electron chi connectivity index (χ4n) is 1.74. The number of pyridine rings is 1. The zero-order valence-corrected chi connectivity index (χ0v) is 11.8. The van der Waals surface area contributed by atoms with Gasteiger partial charge >= 0.3 is 0 Å². The topological polar surface area (TPSA) is 28.7 Å². The standard InChI is InChI=1S/C11H3Cl2FIN2/c12-9-4(14)1-2-6-7(9)8-10(13)5(15)3-16-11(8)17-6/h1,3H,(H,16,17). The van der Waals surface area contributed by atoms with Crippen molar-refractivity contribution in [3.05, 3.63) is 37.8 Å². The summed E-state index contributed by atoms with van der Waals surface area (Å²) in [6.45, 7) is 0. The van der Waals surface area contributed by atoms with Crippen LogP contribution in [0.2, 0.25) is 10.0 Å². The number of nitrogens with one attached hydrogen (secondary N) is 1. The zero-order valence-electron chi connectivity index (χ0n) is 8.11. The van der Waals surface area contributed by atoms with Crippen molar-refractivity contribution in [2.45, 2.75) is 0 Å². The van der Waals surface area contributed by atoms with E-state index in [0.29, 0.717) is 27.0 Å². The van der Waals surface area contributed by atoms with Crippen LogP contribution >= 0.6 is 45.8 Å². The number of H-pyrrole nitrogens is 1. The minimum Gasteiger partial charge on any atom is -0.339 e. The molecular formula is C11H3Cl2FIN2. The smallest absolute Gasteiger partial charge is 0.143 e. The van der Waals surface area contributed by atoms with Crippen molar-refractivity contribution in [3.63, 3.8) is 0 Å². The molecule has 0 saturated carbocycles. The number of fused-ring (bicyclic) bond motifs is 3. The van der Waals surface area contributed by atoms with E-state index >= 15 is 0 Å². The largest absolute Gasteiger partial charge is 0.339 e. The molecule has 6 heteroatoms. The second-order valence-corrected chi connectivity index (χ2v) is 5.39. The van der Waals surface area contributed by atoms with Crippen LogP contribution < -0.4 is 0 Å². The molecule has 0 spiro atoms. The van der Waals surface area contributed by atoms with Gasteiger partial charge in [0.1, 0.15) is 11.5 Å². The Morgan fingerprint density at radius 3 is 2.82 bits per heavy atom. The maximum absolute atomic E-state index is 13.4. The first kappa shape index (κ1) is 11.5. The molecule has 0 aliphatic heterocycles. The highest BCUT2D eigenvalue weighted by molar-refractivity contribution is 14.1. The molecule has 0 fully saturated rings. The summed E-state index contributed by atoms with van der Waals surface area (Å²) in [6, 6.07) is 3.97. The van der Waals surface area contributed by atoms with E-state index < -0.39 is 5.82 Å². The lowest BCUT2D eigenvalue weighted by Gasteiger charge is -1.99. The molecule has 17 heavy (non-hydrogen) atoms. The van der Waals surface area contributed by atoms with Crippen LogP contribution in [-0.2, 0) is 0 Å². The Bertz CT molecular complexity index is 692. The van der Waals surface area contributed by atoms with Gasteiger partial charge in [-0.05, 0) is 28.7 Å². The molecule has 0 unspecified atom stereocenters. The molecule has 1 aromatic carbocycles. The van der Waals surface area contributed by atoms with Crippen LogP contribution in [0.4, 0.5) is 4.39 Å². The van der Waals surface area contributed by atoms with Gasteiger partial charge < -0.3 is 4.98 Å². The van der Waals surface area contributed by atoms with E-state index in [1.165, 1.54) is 6.07 Å². The number of hydrogen-bond acceptors (Lipinski definition) is 1. The lowest BCUT2D eigenvalue weighted by molar-refractivity contribution is 0.630. The number of nitrogens with zero attached hydrogens (tertiary/aromatic N) is 1. The lowest BCUT2D eigenvalue weighted by Crippen LogP contribution is -1.82. The van der Waals surface area contributed by atoms with Gasteiger partial charge in [0.25, 0.3) is 0 Å². The second-order valence-electron chi connectivity index (χ2n) is 3.47. The Hall–Kier alpha value is -0.590. The van der Waals surface area contributed by atoms with Crippen LogP contribution in [0.5, 0.6) is 0 Å². The number of halogens is 4.